The van der Waals surface area contributed by atoms with E-state index in [9.17, 15) is 9.59 Å². The molecule has 1 amide bonds. The number of ether oxygens (including phenoxy) is 1. The first-order valence-corrected chi connectivity index (χ1v) is 8.84. The van der Waals surface area contributed by atoms with Crippen LogP contribution in [0.25, 0.3) is 10.8 Å². The molecule has 0 saturated heterocycles. The molecule has 0 N–H and O–H groups in total. The Morgan fingerprint density at radius 2 is 1.78 bits per heavy atom. The molecule has 0 heterocycles. The first-order valence-electron chi connectivity index (χ1n) is 7.68. The lowest BCUT2D eigenvalue weighted by atomic mass is 10.1. The molecule has 23 heavy (non-hydrogen) atoms. The Labute approximate surface area is 140 Å². The first-order chi connectivity index (χ1) is 11.2. The molecule has 0 fully saturated rings. The molecule has 0 radical (unpaired) electrons. The highest BCUT2D eigenvalue weighted by Gasteiger charge is 2.16. The van der Waals surface area contributed by atoms with Gasteiger partial charge in [0, 0.05) is 11.9 Å². The van der Waals surface area contributed by atoms with E-state index in [1.807, 2.05) is 49.4 Å². The van der Waals surface area contributed by atoms with Crippen LogP contribution in [0, 0.1) is 0 Å². The van der Waals surface area contributed by atoms with Gasteiger partial charge in [-0.2, -0.15) is 0 Å². The molecule has 2 rings (SSSR count). The molecule has 0 aliphatic heterocycles. The second-order valence-corrected chi connectivity index (χ2v) is 5.92. The highest BCUT2D eigenvalue weighted by Crippen LogP contribution is 2.27. The Morgan fingerprint density at radius 1 is 1.04 bits per heavy atom. The molecule has 0 unspecified atom stereocenters. The Morgan fingerprint density at radius 3 is 2.52 bits per heavy atom. The third-order valence-electron chi connectivity index (χ3n) is 3.43. The third-order valence-corrected chi connectivity index (χ3v) is 4.32. The summed E-state index contributed by atoms with van der Waals surface area (Å²) in [5.41, 5.74) is 0.910. The van der Waals surface area contributed by atoms with Crippen molar-refractivity contribution in [3.63, 3.8) is 0 Å². The van der Waals surface area contributed by atoms with Crippen LogP contribution in [0.3, 0.4) is 0 Å². The van der Waals surface area contributed by atoms with E-state index in [2.05, 4.69) is 0 Å². The second kappa shape index (κ2) is 8.58. The van der Waals surface area contributed by atoms with Gasteiger partial charge in [-0.1, -0.05) is 36.4 Å². The molecule has 0 bridgehead atoms. The van der Waals surface area contributed by atoms with Gasteiger partial charge in [-0.3, -0.25) is 9.59 Å². The first kappa shape index (κ1) is 17.3. The average molecular weight is 331 g/mol. The van der Waals surface area contributed by atoms with Crippen molar-refractivity contribution in [3.8, 4) is 0 Å². The topological polar surface area (TPSA) is 46.6 Å². The number of rotatable bonds is 7. The van der Waals surface area contributed by atoms with Crippen LogP contribution in [0.5, 0.6) is 0 Å². The lowest BCUT2D eigenvalue weighted by Gasteiger charge is -2.22. The summed E-state index contributed by atoms with van der Waals surface area (Å²) in [6.07, 6.45) is 0. The minimum absolute atomic E-state index is 0.00171. The fourth-order valence-electron chi connectivity index (χ4n) is 2.43. The van der Waals surface area contributed by atoms with Gasteiger partial charge in [0.1, 0.15) is 0 Å². The molecule has 0 atom stereocenters. The van der Waals surface area contributed by atoms with E-state index >= 15 is 0 Å². The van der Waals surface area contributed by atoms with Crippen LogP contribution >= 0.6 is 11.8 Å². The van der Waals surface area contributed by atoms with E-state index in [4.69, 9.17) is 4.74 Å². The van der Waals surface area contributed by atoms with E-state index in [1.54, 1.807) is 11.8 Å². The summed E-state index contributed by atoms with van der Waals surface area (Å²) in [6, 6.07) is 14.0. The van der Waals surface area contributed by atoms with E-state index < -0.39 is 0 Å². The summed E-state index contributed by atoms with van der Waals surface area (Å²) in [7, 11) is 0. The number of nitrogens with zero attached hydrogens (tertiary/aromatic N) is 1. The molecule has 2 aromatic rings. The molecule has 0 saturated carbocycles. The minimum atomic E-state index is -0.279. The molecule has 5 heteroatoms. The van der Waals surface area contributed by atoms with Crippen molar-refractivity contribution in [3.05, 3.63) is 42.5 Å². The van der Waals surface area contributed by atoms with Gasteiger partial charge < -0.3 is 9.64 Å². The summed E-state index contributed by atoms with van der Waals surface area (Å²) in [5, 5.41) is 2.16. The summed E-state index contributed by atoms with van der Waals surface area (Å²) < 4.78 is 4.87. The van der Waals surface area contributed by atoms with Gasteiger partial charge in [-0.05, 0) is 25.3 Å². The van der Waals surface area contributed by atoms with Gasteiger partial charge in [0.25, 0.3) is 0 Å². The molecule has 0 aliphatic carbocycles. The zero-order valence-corrected chi connectivity index (χ0v) is 14.3. The summed E-state index contributed by atoms with van der Waals surface area (Å²) >= 11 is 1.29. The van der Waals surface area contributed by atoms with Crippen LogP contribution in [0.15, 0.2) is 42.5 Å². The summed E-state index contributed by atoms with van der Waals surface area (Å²) in [5.74, 6) is 0.180. The SMILES string of the molecule is CCOC(=O)CSCC(=O)N(CC)c1cccc2ccccc12. The fourth-order valence-corrected chi connectivity index (χ4v) is 3.11. The number of anilines is 1. The molecular formula is C18H21NO3S. The lowest BCUT2D eigenvalue weighted by Crippen LogP contribution is -2.32. The summed E-state index contributed by atoms with van der Waals surface area (Å²) in [6.45, 7) is 4.68. The lowest BCUT2D eigenvalue weighted by molar-refractivity contribution is -0.139. The largest absolute Gasteiger partial charge is 0.465 e. The summed E-state index contributed by atoms with van der Waals surface area (Å²) in [4.78, 5) is 25.6. The van der Waals surface area contributed by atoms with Gasteiger partial charge in [0.15, 0.2) is 0 Å². The number of carbonyl (C=O) groups is 2. The Balaban J connectivity index is 2.09. The maximum absolute atomic E-state index is 12.5. The highest BCUT2D eigenvalue weighted by molar-refractivity contribution is 8.00. The van der Waals surface area contributed by atoms with E-state index in [1.165, 1.54) is 11.8 Å². The van der Waals surface area contributed by atoms with Crippen LogP contribution in [-0.2, 0) is 14.3 Å². The van der Waals surface area contributed by atoms with Gasteiger partial charge in [-0.25, -0.2) is 0 Å². The monoisotopic (exact) mass is 331 g/mol. The van der Waals surface area contributed by atoms with Crippen molar-refractivity contribution >= 4 is 40.1 Å². The third kappa shape index (κ3) is 4.48. The van der Waals surface area contributed by atoms with Gasteiger partial charge in [0.05, 0.1) is 23.8 Å². The number of carbonyl (C=O) groups excluding carboxylic acids is 2. The Hall–Kier alpha value is -2.01. The number of fused-ring (bicyclic) bond motifs is 1. The number of thioether (sulfide) groups is 1. The number of hydrogen-bond acceptors (Lipinski definition) is 4. The molecular weight excluding hydrogens is 310 g/mol. The maximum Gasteiger partial charge on any atom is 0.315 e. The van der Waals surface area contributed by atoms with E-state index in [-0.39, 0.29) is 23.4 Å². The van der Waals surface area contributed by atoms with Crippen molar-refractivity contribution in [2.24, 2.45) is 0 Å². The average Bonchev–Trinajstić information content (AvgIpc) is 2.56. The quantitative estimate of drug-likeness (QED) is 0.729. The Bertz CT molecular complexity index is 682. The number of esters is 1. The number of hydrogen-bond donors (Lipinski definition) is 0. The predicted octanol–water partition coefficient (Wildman–Crippen LogP) is 3.49. The molecule has 122 valence electrons. The van der Waals surface area contributed by atoms with Crippen molar-refractivity contribution in [2.75, 3.05) is 29.6 Å². The zero-order valence-electron chi connectivity index (χ0n) is 13.5. The van der Waals surface area contributed by atoms with Crippen molar-refractivity contribution in [2.45, 2.75) is 13.8 Å². The smallest absolute Gasteiger partial charge is 0.315 e. The zero-order chi connectivity index (χ0) is 16.7. The minimum Gasteiger partial charge on any atom is -0.465 e. The number of benzene rings is 2. The van der Waals surface area contributed by atoms with Crippen LogP contribution in [-0.4, -0.2) is 36.5 Å². The molecule has 0 aromatic heterocycles. The van der Waals surface area contributed by atoms with E-state index in [0.29, 0.717) is 13.2 Å². The second-order valence-electron chi connectivity index (χ2n) is 4.93. The van der Waals surface area contributed by atoms with Crippen molar-refractivity contribution < 1.29 is 14.3 Å². The van der Waals surface area contributed by atoms with E-state index in [0.717, 1.165) is 16.5 Å². The van der Waals surface area contributed by atoms with Gasteiger partial charge in [0.2, 0.25) is 5.91 Å². The predicted molar refractivity (Wildman–Crippen MR) is 95.9 cm³/mol. The number of amides is 1. The Kier molecular flexibility index (Phi) is 6.47. The maximum atomic E-state index is 12.5. The van der Waals surface area contributed by atoms with Crippen molar-refractivity contribution in [1.82, 2.24) is 0 Å². The van der Waals surface area contributed by atoms with Crippen molar-refractivity contribution in [1.29, 1.82) is 0 Å². The van der Waals surface area contributed by atoms with Crippen LogP contribution < -0.4 is 4.90 Å². The van der Waals surface area contributed by atoms with Gasteiger partial charge >= 0.3 is 5.97 Å². The molecule has 4 nitrogen and oxygen atoms in total. The van der Waals surface area contributed by atoms with Crippen LogP contribution in [0.2, 0.25) is 0 Å². The highest BCUT2D eigenvalue weighted by atomic mass is 32.2. The normalized spacial score (nSPS) is 10.5. The molecule has 2 aromatic carbocycles. The molecule has 0 spiro atoms. The standard InChI is InChI=1S/C18H21NO3S/c1-3-19(17(20)12-23-13-18(21)22-4-2)16-11-7-9-14-8-5-6-10-15(14)16/h5-11H,3-4,12-13H2,1-2H3. The van der Waals surface area contributed by atoms with Gasteiger partial charge in [-0.15, -0.1) is 11.8 Å². The van der Waals surface area contributed by atoms with Crippen LogP contribution in [0.1, 0.15) is 13.8 Å². The van der Waals surface area contributed by atoms with Crippen LogP contribution in [0.4, 0.5) is 5.69 Å². The molecule has 0 aliphatic rings. The fraction of sp³-hybridized carbons (Fsp3) is 0.333.